The molecule has 0 radical (unpaired) electrons. The molecule has 25 heavy (non-hydrogen) atoms. The highest BCUT2D eigenvalue weighted by molar-refractivity contribution is 5.30. The molecule has 0 spiro atoms. The fourth-order valence-electron chi connectivity index (χ4n) is 3.59. The van der Waals surface area contributed by atoms with E-state index in [4.69, 9.17) is 0 Å². The van der Waals surface area contributed by atoms with Crippen molar-refractivity contribution in [2.45, 2.75) is 38.3 Å². The largest absolute Gasteiger partial charge is 0.299 e. The number of hydrogen-bond donors (Lipinski definition) is 0. The van der Waals surface area contributed by atoms with Crippen LogP contribution in [0.3, 0.4) is 0 Å². The molecule has 1 saturated heterocycles. The Balaban J connectivity index is 1.33. The molecule has 2 aromatic heterocycles. The van der Waals surface area contributed by atoms with Gasteiger partial charge in [-0.05, 0) is 61.0 Å². The summed E-state index contributed by atoms with van der Waals surface area (Å²) in [6.45, 7) is 3.23. The lowest BCUT2D eigenvalue weighted by Crippen LogP contribution is -2.34. The van der Waals surface area contributed by atoms with Crippen LogP contribution in [-0.4, -0.2) is 54.0 Å². The molecule has 0 bridgehead atoms. The fraction of sp³-hybridized carbons (Fsp3) is 0.444. The van der Waals surface area contributed by atoms with Crippen molar-refractivity contribution >= 4 is 0 Å². The van der Waals surface area contributed by atoms with E-state index < -0.39 is 0 Å². The number of rotatable bonds is 7. The predicted molar refractivity (Wildman–Crippen MR) is 94.3 cm³/mol. The maximum absolute atomic E-state index is 4.34. The Morgan fingerprint density at radius 3 is 2.88 bits per heavy atom. The topological polar surface area (TPSA) is 64.7 Å². The maximum Gasteiger partial charge on any atom is 0.156 e. The van der Waals surface area contributed by atoms with Crippen LogP contribution in [-0.2, 0) is 13.0 Å². The van der Waals surface area contributed by atoms with Gasteiger partial charge < -0.3 is 0 Å². The van der Waals surface area contributed by atoms with Gasteiger partial charge in [0.25, 0.3) is 0 Å². The van der Waals surface area contributed by atoms with E-state index in [1.54, 1.807) is 0 Å². The minimum atomic E-state index is 0.588. The number of tetrazole rings is 1. The molecule has 0 amide bonds. The third-order valence-electron chi connectivity index (χ3n) is 4.84. The number of hydrogen-bond acceptors (Lipinski definition) is 5. The van der Waals surface area contributed by atoms with Crippen LogP contribution in [0.25, 0.3) is 5.69 Å². The lowest BCUT2D eigenvalue weighted by atomic mass is 10.2. The fourth-order valence-corrected chi connectivity index (χ4v) is 3.59. The molecule has 7 heteroatoms. The summed E-state index contributed by atoms with van der Waals surface area (Å²) in [5, 5.41) is 16.5. The molecule has 0 aliphatic carbocycles. The van der Waals surface area contributed by atoms with Gasteiger partial charge in [-0.15, -0.1) is 5.10 Å². The Bertz CT molecular complexity index is 766. The minimum absolute atomic E-state index is 0.588. The Kier molecular flexibility index (Phi) is 4.83. The highest BCUT2D eigenvalue weighted by atomic mass is 15.5. The average Bonchev–Trinajstić information content (AvgIpc) is 3.39. The molecule has 3 aromatic rings. The van der Waals surface area contributed by atoms with Crippen LogP contribution in [0.2, 0.25) is 0 Å². The van der Waals surface area contributed by atoms with Crippen molar-refractivity contribution in [3.8, 4) is 5.69 Å². The van der Waals surface area contributed by atoms with Crippen LogP contribution < -0.4 is 0 Å². The zero-order valence-electron chi connectivity index (χ0n) is 14.3. The van der Waals surface area contributed by atoms with Crippen molar-refractivity contribution in [2.24, 2.45) is 0 Å². The summed E-state index contributed by atoms with van der Waals surface area (Å²) in [5.74, 6) is 0.925. The Morgan fingerprint density at radius 2 is 2.04 bits per heavy atom. The number of para-hydroxylation sites is 1. The predicted octanol–water partition coefficient (Wildman–Crippen LogP) is 1.96. The molecule has 1 aliphatic heterocycles. The minimum Gasteiger partial charge on any atom is -0.299 e. The Hall–Kier alpha value is -2.54. The quantitative estimate of drug-likeness (QED) is 0.659. The van der Waals surface area contributed by atoms with Crippen LogP contribution in [0.1, 0.15) is 25.1 Å². The molecule has 7 nitrogen and oxygen atoms in total. The van der Waals surface area contributed by atoms with Gasteiger partial charge in [0, 0.05) is 24.9 Å². The highest BCUT2D eigenvalue weighted by Crippen LogP contribution is 2.19. The first-order valence-corrected chi connectivity index (χ1v) is 8.94. The molecule has 0 unspecified atom stereocenters. The summed E-state index contributed by atoms with van der Waals surface area (Å²) >= 11 is 0. The maximum atomic E-state index is 4.34. The van der Waals surface area contributed by atoms with Gasteiger partial charge in [0.2, 0.25) is 0 Å². The van der Waals surface area contributed by atoms with Gasteiger partial charge in [-0.25, -0.2) is 0 Å². The van der Waals surface area contributed by atoms with Crippen molar-refractivity contribution in [3.05, 3.63) is 54.6 Å². The van der Waals surface area contributed by atoms with E-state index in [1.165, 1.54) is 19.4 Å². The van der Waals surface area contributed by atoms with Crippen molar-refractivity contribution in [1.82, 2.24) is 34.9 Å². The van der Waals surface area contributed by atoms with Crippen LogP contribution in [0.4, 0.5) is 0 Å². The summed E-state index contributed by atoms with van der Waals surface area (Å²) in [6.07, 6.45) is 8.36. The van der Waals surface area contributed by atoms with E-state index in [-0.39, 0.29) is 0 Å². The van der Waals surface area contributed by atoms with Crippen molar-refractivity contribution in [1.29, 1.82) is 0 Å². The Morgan fingerprint density at radius 1 is 1.12 bits per heavy atom. The molecular weight excluding hydrogens is 314 g/mol. The van der Waals surface area contributed by atoms with Gasteiger partial charge in [0.05, 0.1) is 12.2 Å². The number of benzene rings is 1. The summed E-state index contributed by atoms with van der Waals surface area (Å²) in [5.41, 5.74) is 1.01. The number of likely N-dealkylation sites (tertiary alicyclic amines) is 1. The van der Waals surface area contributed by atoms with Crippen molar-refractivity contribution in [2.75, 3.05) is 13.1 Å². The SMILES string of the molecule is c1ccc(-n2nnnc2CCCN2CCC[C@H]2Cn2cccn2)cc1. The van der Waals surface area contributed by atoms with E-state index in [0.29, 0.717) is 6.04 Å². The second kappa shape index (κ2) is 7.57. The lowest BCUT2D eigenvalue weighted by molar-refractivity contribution is 0.224. The summed E-state index contributed by atoms with van der Waals surface area (Å²) in [7, 11) is 0. The second-order valence-corrected chi connectivity index (χ2v) is 6.51. The zero-order valence-corrected chi connectivity index (χ0v) is 14.3. The highest BCUT2D eigenvalue weighted by Gasteiger charge is 2.24. The van der Waals surface area contributed by atoms with Gasteiger partial charge >= 0.3 is 0 Å². The smallest absolute Gasteiger partial charge is 0.156 e. The molecule has 1 aromatic carbocycles. The van der Waals surface area contributed by atoms with Crippen LogP contribution in [0, 0.1) is 0 Å². The molecule has 0 saturated carbocycles. The average molecular weight is 337 g/mol. The lowest BCUT2D eigenvalue weighted by Gasteiger charge is -2.24. The molecule has 1 atom stereocenters. The van der Waals surface area contributed by atoms with Gasteiger partial charge in [-0.2, -0.15) is 9.78 Å². The molecular formula is C18H23N7. The second-order valence-electron chi connectivity index (χ2n) is 6.51. The molecule has 4 rings (SSSR count). The molecule has 3 heterocycles. The van der Waals surface area contributed by atoms with E-state index >= 15 is 0 Å². The molecule has 0 N–H and O–H groups in total. The first kappa shape index (κ1) is 16.0. The zero-order chi connectivity index (χ0) is 16.9. The monoisotopic (exact) mass is 337 g/mol. The third-order valence-corrected chi connectivity index (χ3v) is 4.84. The van der Waals surface area contributed by atoms with Gasteiger partial charge in [-0.1, -0.05) is 18.2 Å². The van der Waals surface area contributed by atoms with E-state index in [1.807, 2.05) is 58.2 Å². The van der Waals surface area contributed by atoms with Crippen LogP contribution >= 0.6 is 0 Å². The third kappa shape index (κ3) is 3.76. The molecule has 1 aliphatic rings. The van der Waals surface area contributed by atoms with E-state index in [2.05, 4.69) is 25.5 Å². The van der Waals surface area contributed by atoms with E-state index in [0.717, 1.165) is 37.4 Å². The normalized spacial score (nSPS) is 18.0. The first-order chi connectivity index (χ1) is 12.4. The summed E-state index contributed by atoms with van der Waals surface area (Å²) in [4.78, 5) is 2.58. The molecule has 130 valence electrons. The summed E-state index contributed by atoms with van der Waals surface area (Å²) in [6, 6.07) is 12.6. The summed E-state index contributed by atoms with van der Waals surface area (Å²) < 4.78 is 3.88. The van der Waals surface area contributed by atoms with Crippen LogP contribution in [0.15, 0.2) is 48.8 Å². The number of aromatic nitrogens is 6. The van der Waals surface area contributed by atoms with Crippen molar-refractivity contribution in [3.63, 3.8) is 0 Å². The number of nitrogens with zero attached hydrogens (tertiary/aromatic N) is 7. The molecule has 1 fully saturated rings. The standard InChI is InChI=1S/C18H23N7/c1-2-7-16(8-3-1)25-18(20-21-22-25)10-5-13-23-12-4-9-17(23)15-24-14-6-11-19-24/h1-3,6-8,11,14,17H,4-5,9-10,12-13,15H2/t17-/m0/s1. The van der Waals surface area contributed by atoms with Gasteiger partial charge in [0.15, 0.2) is 5.82 Å². The first-order valence-electron chi connectivity index (χ1n) is 8.94. The van der Waals surface area contributed by atoms with Gasteiger partial charge in [-0.3, -0.25) is 9.58 Å². The van der Waals surface area contributed by atoms with Crippen LogP contribution in [0.5, 0.6) is 0 Å². The van der Waals surface area contributed by atoms with E-state index in [9.17, 15) is 0 Å². The Labute approximate surface area is 147 Å². The number of aryl methyl sites for hydroxylation is 1. The van der Waals surface area contributed by atoms with Gasteiger partial charge in [0.1, 0.15) is 0 Å². The van der Waals surface area contributed by atoms with Crippen molar-refractivity contribution < 1.29 is 0 Å².